The van der Waals surface area contributed by atoms with Crippen molar-refractivity contribution in [1.29, 1.82) is 0 Å². The molecule has 0 spiro atoms. The van der Waals surface area contributed by atoms with Crippen LogP contribution in [0.3, 0.4) is 0 Å². The van der Waals surface area contributed by atoms with E-state index in [1.165, 1.54) is 17.7 Å². The van der Waals surface area contributed by atoms with E-state index in [-0.39, 0.29) is 5.75 Å². The number of phenolic OH excluding ortho intramolecular Hbond substituents is 1. The van der Waals surface area contributed by atoms with E-state index in [1.807, 2.05) is 29.6 Å². The number of rotatable bonds is 6. The van der Waals surface area contributed by atoms with Gasteiger partial charge in [0, 0.05) is 34.4 Å². The Kier molecular flexibility index (Phi) is 5.19. The minimum atomic E-state index is 0.0265. The van der Waals surface area contributed by atoms with Gasteiger partial charge in [0.05, 0.1) is 12.1 Å². The van der Waals surface area contributed by atoms with Crippen LogP contribution in [0.2, 0.25) is 0 Å². The second kappa shape index (κ2) is 8.44. The molecule has 156 valence electrons. The lowest BCUT2D eigenvalue weighted by Crippen LogP contribution is -2.11. The second-order valence-corrected chi connectivity index (χ2v) is 7.62. The van der Waals surface area contributed by atoms with Gasteiger partial charge in [0.15, 0.2) is 11.5 Å². The number of hydrogen-bond donors (Lipinski definition) is 3. The summed E-state index contributed by atoms with van der Waals surface area (Å²) in [5.74, 6) is 1.02. The van der Waals surface area contributed by atoms with Gasteiger partial charge in [-0.05, 0) is 30.3 Å². The number of aromatic hydroxyl groups is 1. The van der Waals surface area contributed by atoms with Gasteiger partial charge in [-0.1, -0.05) is 0 Å². The molecule has 0 radical (unpaired) electrons. The number of aromatic nitrogens is 3. The van der Waals surface area contributed by atoms with Crippen molar-refractivity contribution in [3.05, 3.63) is 59.3 Å². The Bertz CT molecular complexity index is 1250. The monoisotopic (exact) mass is 434 g/mol. The third-order valence-corrected chi connectivity index (χ3v) is 5.28. The summed E-state index contributed by atoms with van der Waals surface area (Å²) in [5, 5.41) is 20.3. The first-order valence-corrected chi connectivity index (χ1v) is 10.4. The van der Waals surface area contributed by atoms with E-state index in [1.54, 1.807) is 18.3 Å². The van der Waals surface area contributed by atoms with Gasteiger partial charge in [0.2, 0.25) is 0 Å². The number of anilines is 3. The molecule has 2 aromatic heterocycles. The lowest BCUT2D eigenvalue weighted by Gasteiger charge is -2.12. The Morgan fingerprint density at radius 1 is 1.06 bits per heavy atom. The third kappa shape index (κ3) is 4.33. The molecule has 0 saturated heterocycles. The first-order valence-electron chi connectivity index (χ1n) is 9.55. The van der Waals surface area contributed by atoms with E-state index in [0.29, 0.717) is 43.0 Å². The highest BCUT2D eigenvalue weighted by molar-refractivity contribution is 7.09. The summed E-state index contributed by atoms with van der Waals surface area (Å²) in [6, 6.07) is 11.3. The summed E-state index contributed by atoms with van der Waals surface area (Å²) in [6.07, 6.45) is 3.21. The molecule has 1 aliphatic rings. The van der Waals surface area contributed by atoms with Gasteiger partial charge < -0.3 is 25.2 Å². The molecule has 0 fully saturated rings. The van der Waals surface area contributed by atoms with Crippen molar-refractivity contribution in [3.63, 3.8) is 0 Å². The normalized spacial score (nSPS) is 13.0. The van der Waals surface area contributed by atoms with Gasteiger partial charge in [-0.25, -0.2) is 19.9 Å². The number of fused-ring (bicyclic) bond motifs is 1. The quantitative estimate of drug-likeness (QED) is 0.419. The van der Waals surface area contributed by atoms with Gasteiger partial charge in [0.1, 0.15) is 30.4 Å². The minimum Gasteiger partial charge on any atom is -0.504 e. The van der Waals surface area contributed by atoms with Crippen molar-refractivity contribution in [2.75, 3.05) is 23.8 Å². The Labute approximate surface area is 181 Å². The highest BCUT2D eigenvalue weighted by Crippen LogP contribution is 2.32. The SMILES string of the molecule is Oc1cc(Nc2ncnc3ccc(NC4=NCCO4)cc23)ccc1OCc1nccs1. The lowest BCUT2D eigenvalue weighted by molar-refractivity contribution is 0.288. The highest BCUT2D eigenvalue weighted by atomic mass is 32.1. The average Bonchev–Trinajstić information content (AvgIpc) is 3.48. The maximum absolute atomic E-state index is 10.4. The molecule has 10 heteroatoms. The van der Waals surface area contributed by atoms with Crippen molar-refractivity contribution < 1.29 is 14.6 Å². The number of ether oxygens (including phenoxy) is 2. The summed E-state index contributed by atoms with van der Waals surface area (Å²) in [5.41, 5.74) is 2.27. The Morgan fingerprint density at radius 3 is 2.77 bits per heavy atom. The molecular weight excluding hydrogens is 416 g/mol. The number of amidine groups is 1. The molecule has 0 bridgehead atoms. The first kappa shape index (κ1) is 19.1. The predicted octanol–water partition coefficient (Wildman–Crippen LogP) is 3.91. The smallest absolute Gasteiger partial charge is 0.289 e. The number of benzene rings is 2. The number of thiazole rings is 1. The largest absolute Gasteiger partial charge is 0.504 e. The van der Waals surface area contributed by atoms with Gasteiger partial charge in [-0.2, -0.15) is 0 Å². The summed E-state index contributed by atoms with van der Waals surface area (Å²) in [6.45, 7) is 1.54. The Balaban J connectivity index is 1.36. The molecule has 3 heterocycles. The van der Waals surface area contributed by atoms with E-state index in [9.17, 15) is 5.11 Å². The van der Waals surface area contributed by atoms with E-state index in [2.05, 4.69) is 30.6 Å². The van der Waals surface area contributed by atoms with Crippen molar-refractivity contribution in [1.82, 2.24) is 15.0 Å². The molecule has 31 heavy (non-hydrogen) atoms. The third-order valence-electron chi connectivity index (χ3n) is 4.53. The summed E-state index contributed by atoms with van der Waals surface area (Å²) in [7, 11) is 0. The zero-order valence-electron chi connectivity index (χ0n) is 16.3. The molecule has 0 saturated carbocycles. The standard InChI is InChI=1S/C21H18N6O3S/c28-17-10-14(2-4-18(17)30-11-19-22-6-8-31-19)26-20-15-9-13(27-21-23-5-7-29-21)1-3-16(15)24-12-25-20/h1-4,6,8-10,12,28H,5,7,11H2,(H,23,27)(H,24,25,26). The molecular formula is C21H18N6O3S. The number of hydrogen-bond acceptors (Lipinski definition) is 10. The summed E-state index contributed by atoms with van der Waals surface area (Å²) in [4.78, 5) is 17.1. The van der Waals surface area contributed by atoms with E-state index in [0.717, 1.165) is 21.6 Å². The number of phenols is 1. The highest BCUT2D eigenvalue weighted by Gasteiger charge is 2.11. The molecule has 0 unspecified atom stereocenters. The zero-order valence-corrected chi connectivity index (χ0v) is 17.1. The van der Waals surface area contributed by atoms with Crippen LogP contribution in [0.25, 0.3) is 10.9 Å². The van der Waals surface area contributed by atoms with Crippen LogP contribution in [-0.2, 0) is 11.3 Å². The van der Waals surface area contributed by atoms with Crippen LogP contribution in [0.5, 0.6) is 11.5 Å². The summed E-state index contributed by atoms with van der Waals surface area (Å²) < 4.78 is 11.1. The Morgan fingerprint density at radius 2 is 1.97 bits per heavy atom. The topological polar surface area (TPSA) is 114 Å². The van der Waals surface area contributed by atoms with E-state index < -0.39 is 0 Å². The number of nitrogens with one attached hydrogen (secondary N) is 2. The fourth-order valence-corrected chi connectivity index (χ4v) is 3.61. The van der Waals surface area contributed by atoms with Crippen molar-refractivity contribution >= 4 is 45.5 Å². The maximum Gasteiger partial charge on any atom is 0.289 e. The van der Waals surface area contributed by atoms with Gasteiger partial charge >= 0.3 is 0 Å². The minimum absolute atomic E-state index is 0.0265. The van der Waals surface area contributed by atoms with Gasteiger partial charge in [-0.3, -0.25) is 0 Å². The number of aliphatic imine (C=N–C) groups is 1. The van der Waals surface area contributed by atoms with Crippen LogP contribution in [0.4, 0.5) is 17.2 Å². The molecule has 4 aromatic rings. The van der Waals surface area contributed by atoms with Crippen LogP contribution < -0.4 is 15.4 Å². The molecule has 9 nitrogen and oxygen atoms in total. The average molecular weight is 434 g/mol. The van der Waals surface area contributed by atoms with Crippen LogP contribution in [0.15, 0.2) is 59.3 Å². The Hall–Kier alpha value is -3.92. The molecule has 0 atom stereocenters. The fourth-order valence-electron chi connectivity index (χ4n) is 3.09. The molecule has 0 amide bonds. The first-order chi connectivity index (χ1) is 15.2. The molecule has 2 aromatic carbocycles. The zero-order chi connectivity index (χ0) is 21.0. The maximum atomic E-state index is 10.4. The van der Waals surface area contributed by atoms with E-state index >= 15 is 0 Å². The van der Waals surface area contributed by atoms with Crippen molar-refractivity contribution in [3.8, 4) is 11.5 Å². The van der Waals surface area contributed by atoms with Crippen molar-refractivity contribution in [2.45, 2.75) is 6.61 Å². The van der Waals surface area contributed by atoms with Crippen LogP contribution in [0, 0.1) is 0 Å². The molecule has 3 N–H and O–H groups in total. The van der Waals surface area contributed by atoms with Gasteiger partial charge in [0.25, 0.3) is 6.02 Å². The van der Waals surface area contributed by atoms with Crippen molar-refractivity contribution in [2.24, 2.45) is 4.99 Å². The number of nitrogens with zero attached hydrogens (tertiary/aromatic N) is 4. The molecule has 1 aliphatic heterocycles. The molecule has 0 aliphatic carbocycles. The van der Waals surface area contributed by atoms with Gasteiger partial charge in [-0.15, -0.1) is 11.3 Å². The molecule has 5 rings (SSSR count). The fraction of sp³-hybridized carbons (Fsp3) is 0.143. The van der Waals surface area contributed by atoms with Crippen LogP contribution >= 0.6 is 11.3 Å². The predicted molar refractivity (Wildman–Crippen MR) is 119 cm³/mol. The van der Waals surface area contributed by atoms with Crippen LogP contribution in [0.1, 0.15) is 5.01 Å². The summed E-state index contributed by atoms with van der Waals surface area (Å²) >= 11 is 1.50. The lowest BCUT2D eigenvalue weighted by atomic mass is 10.2. The van der Waals surface area contributed by atoms with Crippen LogP contribution in [-0.4, -0.2) is 39.2 Å². The van der Waals surface area contributed by atoms with E-state index in [4.69, 9.17) is 9.47 Å². The second-order valence-electron chi connectivity index (χ2n) is 6.64.